The Labute approximate surface area is 222 Å². The molecule has 3 aromatic carbocycles. The Hall–Kier alpha value is -3.67. The van der Waals surface area contributed by atoms with E-state index in [-0.39, 0.29) is 35.9 Å². The summed E-state index contributed by atoms with van der Waals surface area (Å²) in [6.07, 6.45) is 4.73. The van der Waals surface area contributed by atoms with Crippen LogP contribution in [0, 0.1) is 17.0 Å². The third-order valence-electron chi connectivity index (χ3n) is 7.42. The minimum Gasteiger partial charge on any atom is -0.497 e. The predicted octanol–water partition coefficient (Wildman–Crippen LogP) is 8.39. The second-order valence-corrected chi connectivity index (χ2v) is 10.4. The fraction of sp³-hybridized carbons (Fsp3) is 0.344. The van der Waals surface area contributed by atoms with Gasteiger partial charge in [0, 0.05) is 5.56 Å². The van der Waals surface area contributed by atoms with Crippen LogP contribution in [0.4, 0.5) is 8.78 Å². The van der Waals surface area contributed by atoms with Gasteiger partial charge in [-0.15, -0.1) is 0 Å². The van der Waals surface area contributed by atoms with E-state index in [1.165, 1.54) is 12.1 Å². The van der Waals surface area contributed by atoms with Crippen LogP contribution in [0.1, 0.15) is 69.1 Å². The Balaban J connectivity index is 1.68. The molecule has 1 atom stereocenters. The first-order valence-electron chi connectivity index (χ1n) is 12.9. The molecule has 0 fully saturated rings. The maximum atomic E-state index is 15.0. The van der Waals surface area contributed by atoms with Gasteiger partial charge in [-0.25, -0.2) is 8.78 Å². The number of hydrogen-bond donors (Lipinski definition) is 1. The quantitative estimate of drug-likeness (QED) is 0.292. The van der Waals surface area contributed by atoms with E-state index >= 15 is 0 Å². The van der Waals surface area contributed by atoms with Gasteiger partial charge in [-0.1, -0.05) is 45.0 Å². The second kappa shape index (κ2) is 11.4. The summed E-state index contributed by atoms with van der Waals surface area (Å²) >= 11 is 0. The van der Waals surface area contributed by atoms with Crippen molar-refractivity contribution in [2.24, 2.45) is 5.41 Å². The summed E-state index contributed by atoms with van der Waals surface area (Å²) in [7, 11) is 1.56. The average Bonchev–Trinajstić information content (AvgIpc) is 3.25. The molecule has 1 aliphatic rings. The summed E-state index contributed by atoms with van der Waals surface area (Å²) in [5.41, 5.74) is 4.75. The number of benzene rings is 3. The number of rotatable bonds is 10. The molecular formula is C32H34F2O4. The molecule has 0 amide bonds. The van der Waals surface area contributed by atoms with Crippen LogP contribution in [0.25, 0.3) is 16.7 Å². The molecular weight excluding hydrogens is 486 g/mol. The first-order valence-corrected chi connectivity index (χ1v) is 12.9. The van der Waals surface area contributed by atoms with E-state index in [9.17, 15) is 18.7 Å². The van der Waals surface area contributed by atoms with Crippen LogP contribution in [0.15, 0.2) is 60.7 Å². The van der Waals surface area contributed by atoms with E-state index in [1.807, 2.05) is 25.1 Å². The standard InChI is InChI=1S/C32H34F2O4/c1-5-21(17-31(35)36)22-9-12-29(34)30(16-22)38-19-20-8-11-24(26-18-23(37-4)10-13-28(26)33)25(15-20)27-7-6-14-32(27,2)3/h7-13,15-16,18,21H,5-6,14,17,19H2,1-4H3,(H,35,36)/t21-/m0/s1. The Kier molecular flexibility index (Phi) is 8.20. The van der Waals surface area contributed by atoms with Crippen molar-refractivity contribution in [3.8, 4) is 22.6 Å². The molecule has 0 aromatic heterocycles. The fourth-order valence-corrected chi connectivity index (χ4v) is 5.19. The van der Waals surface area contributed by atoms with Crippen LogP contribution >= 0.6 is 0 Å². The van der Waals surface area contributed by atoms with Gasteiger partial charge in [0.2, 0.25) is 0 Å². The molecule has 200 valence electrons. The molecule has 0 spiro atoms. The lowest BCUT2D eigenvalue weighted by Gasteiger charge is -2.25. The highest BCUT2D eigenvalue weighted by Gasteiger charge is 2.30. The number of allylic oxidation sites excluding steroid dienone is 2. The highest BCUT2D eigenvalue weighted by Crippen LogP contribution is 2.47. The molecule has 38 heavy (non-hydrogen) atoms. The van der Waals surface area contributed by atoms with Crippen LogP contribution in [0.5, 0.6) is 11.5 Å². The summed E-state index contributed by atoms with van der Waals surface area (Å²) in [4.78, 5) is 11.2. The van der Waals surface area contributed by atoms with Gasteiger partial charge in [0.05, 0.1) is 13.5 Å². The van der Waals surface area contributed by atoms with Crippen molar-refractivity contribution in [3.05, 3.63) is 89.0 Å². The zero-order chi connectivity index (χ0) is 27.4. The number of carbonyl (C=O) groups is 1. The molecule has 0 radical (unpaired) electrons. The molecule has 4 nitrogen and oxygen atoms in total. The molecule has 1 aliphatic carbocycles. The molecule has 3 aromatic rings. The van der Waals surface area contributed by atoms with Gasteiger partial charge in [-0.05, 0) is 94.8 Å². The summed E-state index contributed by atoms with van der Waals surface area (Å²) < 4.78 is 40.9. The number of methoxy groups -OCH3 is 1. The van der Waals surface area contributed by atoms with E-state index < -0.39 is 11.8 Å². The third-order valence-corrected chi connectivity index (χ3v) is 7.42. The van der Waals surface area contributed by atoms with Crippen molar-refractivity contribution in [3.63, 3.8) is 0 Å². The van der Waals surface area contributed by atoms with Crippen LogP contribution in [0.3, 0.4) is 0 Å². The molecule has 4 rings (SSSR count). The van der Waals surface area contributed by atoms with Crippen molar-refractivity contribution in [2.75, 3.05) is 7.11 Å². The number of carboxylic acids is 1. The van der Waals surface area contributed by atoms with Crippen LogP contribution in [-0.4, -0.2) is 18.2 Å². The Morgan fingerprint density at radius 3 is 2.42 bits per heavy atom. The number of ether oxygens (including phenoxy) is 2. The molecule has 0 heterocycles. The SMILES string of the molecule is CC[C@@H](CC(=O)O)c1ccc(F)c(OCc2ccc(-c3cc(OC)ccc3F)c(C3=CCCC3(C)C)c2)c1. The predicted molar refractivity (Wildman–Crippen MR) is 145 cm³/mol. The largest absolute Gasteiger partial charge is 0.497 e. The molecule has 0 bridgehead atoms. The van der Waals surface area contributed by atoms with Gasteiger partial charge >= 0.3 is 5.97 Å². The molecule has 0 saturated carbocycles. The van der Waals surface area contributed by atoms with Gasteiger partial charge in [-0.3, -0.25) is 4.79 Å². The molecule has 1 N–H and O–H groups in total. The maximum absolute atomic E-state index is 15.0. The van der Waals surface area contributed by atoms with Crippen LogP contribution < -0.4 is 9.47 Å². The maximum Gasteiger partial charge on any atom is 0.303 e. The van der Waals surface area contributed by atoms with Gasteiger partial charge in [0.1, 0.15) is 18.2 Å². The highest BCUT2D eigenvalue weighted by atomic mass is 19.1. The number of aliphatic carboxylic acids is 1. The molecule has 0 saturated heterocycles. The first kappa shape index (κ1) is 27.4. The van der Waals surface area contributed by atoms with Crippen molar-refractivity contribution < 1.29 is 28.2 Å². The van der Waals surface area contributed by atoms with E-state index in [1.54, 1.807) is 31.4 Å². The average molecular weight is 521 g/mol. The van der Waals surface area contributed by atoms with E-state index in [2.05, 4.69) is 19.9 Å². The smallest absolute Gasteiger partial charge is 0.303 e. The number of hydrogen-bond acceptors (Lipinski definition) is 3. The lowest BCUT2D eigenvalue weighted by atomic mass is 9.79. The lowest BCUT2D eigenvalue weighted by Crippen LogP contribution is -2.10. The van der Waals surface area contributed by atoms with Crippen LogP contribution in [-0.2, 0) is 11.4 Å². The summed E-state index contributed by atoms with van der Waals surface area (Å²) in [6, 6.07) is 15.0. The number of carboxylic acid groups (broad SMARTS) is 1. The van der Waals surface area contributed by atoms with Crippen molar-refractivity contribution >= 4 is 11.5 Å². The lowest BCUT2D eigenvalue weighted by molar-refractivity contribution is -0.137. The molecule has 0 unspecified atom stereocenters. The van der Waals surface area contributed by atoms with Crippen LogP contribution in [0.2, 0.25) is 0 Å². The third kappa shape index (κ3) is 5.90. The zero-order valence-corrected chi connectivity index (χ0v) is 22.3. The fourth-order valence-electron chi connectivity index (χ4n) is 5.19. The topological polar surface area (TPSA) is 55.8 Å². The normalized spacial score (nSPS) is 15.2. The van der Waals surface area contributed by atoms with Gasteiger partial charge in [-0.2, -0.15) is 0 Å². The Bertz CT molecular complexity index is 1360. The van der Waals surface area contributed by atoms with E-state index in [4.69, 9.17) is 9.47 Å². The minimum atomic E-state index is -0.895. The van der Waals surface area contributed by atoms with E-state index in [0.717, 1.165) is 40.7 Å². The Morgan fingerprint density at radius 2 is 1.76 bits per heavy atom. The van der Waals surface area contributed by atoms with Crippen molar-refractivity contribution in [2.45, 2.75) is 59.0 Å². The zero-order valence-electron chi connectivity index (χ0n) is 22.3. The van der Waals surface area contributed by atoms with Gasteiger partial charge < -0.3 is 14.6 Å². The first-order chi connectivity index (χ1) is 18.1. The molecule has 6 heteroatoms. The summed E-state index contributed by atoms with van der Waals surface area (Å²) in [6.45, 7) is 6.38. The van der Waals surface area contributed by atoms with Gasteiger partial charge in [0.25, 0.3) is 0 Å². The van der Waals surface area contributed by atoms with Crippen molar-refractivity contribution in [1.29, 1.82) is 0 Å². The summed E-state index contributed by atoms with van der Waals surface area (Å²) in [5, 5.41) is 9.22. The monoisotopic (exact) mass is 520 g/mol. The Morgan fingerprint density at radius 1 is 1.00 bits per heavy atom. The van der Waals surface area contributed by atoms with Crippen molar-refractivity contribution in [1.82, 2.24) is 0 Å². The second-order valence-electron chi connectivity index (χ2n) is 10.4. The van der Waals surface area contributed by atoms with Gasteiger partial charge in [0.15, 0.2) is 11.6 Å². The number of halogens is 2. The summed E-state index contributed by atoms with van der Waals surface area (Å²) in [5.74, 6) is -1.31. The minimum absolute atomic E-state index is 0.0296. The van der Waals surface area contributed by atoms with E-state index in [0.29, 0.717) is 17.7 Å². The highest BCUT2D eigenvalue weighted by molar-refractivity contribution is 5.85. The molecule has 0 aliphatic heterocycles.